The molecule has 2 heterocycles. The molecule has 3 rings (SSSR count). The Labute approximate surface area is 120 Å². The molecule has 1 aromatic carbocycles. The SMILES string of the molecule is O=C1Cc2ccc(C(=O)N3C[C@H](O)C[C@H]3C(=O)O)cc2N1. The van der Waals surface area contributed by atoms with Gasteiger partial charge >= 0.3 is 5.97 Å². The molecule has 7 heteroatoms. The summed E-state index contributed by atoms with van der Waals surface area (Å²) in [5.74, 6) is -1.72. The van der Waals surface area contributed by atoms with Gasteiger partial charge in [-0.1, -0.05) is 6.07 Å². The molecule has 0 unspecified atom stereocenters. The minimum Gasteiger partial charge on any atom is -0.480 e. The zero-order valence-electron chi connectivity index (χ0n) is 11.1. The Balaban J connectivity index is 1.87. The number of carboxylic acid groups (broad SMARTS) is 1. The number of aliphatic hydroxyl groups excluding tert-OH is 1. The van der Waals surface area contributed by atoms with Crippen molar-refractivity contribution in [1.29, 1.82) is 0 Å². The fraction of sp³-hybridized carbons (Fsp3) is 0.357. The van der Waals surface area contributed by atoms with Crippen LogP contribution in [0.25, 0.3) is 0 Å². The number of hydrogen-bond donors (Lipinski definition) is 3. The summed E-state index contributed by atoms with van der Waals surface area (Å²) in [5.41, 5.74) is 1.70. The summed E-state index contributed by atoms with van der Waals surface area (Å²) in [6.45, 7) is -0.000750. The van der Waals surface area contributed by atoms with Crippen LogP contribution in [0.5, 0.6) is 0 Å². The summed E-state index contributed by atoms with van der Waals surface area (Å²) < 4.78 is 0. The third kappa shape index (κ3) is 2.36. The zero-order chi connectivity index (χ0) is 15.1. The summed E-state index contributed by atoms with van der Waals surface area (Å²) >= 11 is 0. The van der Waals surface area contributed by atoms with E-state index in [1.165, 1.54) is 0 Å². The first-order chi connectivity index (χ1) is 9.95. The molecule has 0 spiro atoms. The number of aliphatic hydroxyl groups is 1. The van der Waals surface area contributed by atoms with Crippen LogP contribution in [0.2, 0.25) is 0 Å². The summed E-state index contributed by atoms with van der Waals surface area (Å²) in [6.07, 6.45) is -0.517. The highest BCUT2D eigenvalue weighted by Gasteiger charge is 2.39. The number of benzene rings is 1. The van der Waals surface area contributed by atoms with Crippen LogP contribution in [-0.4, -0.2) is 51.6 Å². The molecule has 1 aromatic rings. The second-order valence-corrected chi connectivity index (χ2v) is 5.30. The molecule has 2 aliphatic rings. The second-order valence-electron chi connectivity index (χ2n) is 5.30. The molecule has 3 N–H and O–H groups in total. The highest BCUT2D eigenvalue weighted by molar-refractivity contribution is 6.03. The van der Waals surface area contributed by atoms with Gasteiger partial charge in [0.15, 0.2) is 0 Å². The van der Waals surface area contributed by atoms with E-state index in [1.807, 2.05) is 0 Å². The van der Waals surface area contributed by atoms with Gasteiger partial charge in [0, 0.05) is 24.2 Å². The van der Waals surface area contributed by atoms with Crippen LogP contribution in [0.1, 0.15) is 22.3 Å². The number of nitrogens with zero attached hydrogens (tertiary/aromatic N) is 1. The third-order valence-electron chi connectivity index (χ3n) is 3.81. The predicted molar refractivity (Wildman–Crippen MR) is 71.9 cm³/mol. The fourth-order valence-corrected chi connectivity index (χ4v) is 2.79. The van der Waals surface area contributed by atoms with Gasteiger partial charge in [-0.05, 0) is 17.7 Å². The number of nitrogens with one attached hydrogen (secondary N) is 1. The molecule has 2 aliphatic heterocycles. The first-order valence-corrected chi connectivity index (χ1v) is 6.60. The zero-order valence-corrected chi connectivity index (χ0v) is 11.1. The molecule has 1 saturated heterocycles. The number of carboxylic acids is 1. The van der Waals surface area contributed by atoms with Crippen molar-refractivity contribution in [3.05, 3.63) is 29.3 Å². The smallest absolute Gasteiger partial charge is 0.326 e. The molecule has 110 valence electrons. The highest BCUT2D eigenvalue weighted by atomic mass is 16.4. The molecule has 21 heavy (non-hydrogen) atoms. The lowest BCUT2D eigenvalue weighted by atomic mass is 10.1. The van der Waals surface area contributed by atoms with Gasteiger partial charge in [0.25, 0.3) is 5.91 Å². The van der Waals surface area contributed by atoms with E-state index in [9.17, 15) is 19.5 Å². The molecular formula is C14H14N2O5. The van der Waals surface area contributed by atoms with Crippen LogP contribution < -0.4 is 5.32 Å². The Morgan fingerprint density at radius 1 is 1.33 bits per heavy atom. The molecule has 0 aromatic heterocycles. The Kier molecular flexibility index (Phi) is 3.13. The second kappa shape index (κ2) is 4.85. The van der Waals surface area contributed by atoms with Crippen LogP contribution in [0.15, 0.2) is 18.2 Å². The van der Waals surface area contributed by atoms with Crippen molar-refractivity contribution in [1.82, 2.24) is 4.90 Å². The summed E-state index contributed by atoms with van der Waals surface area (Å²) in [6, 6.07) is 3.79. The molecule has 0 radical (unpaired) electrons. The molecule has 2 atom stereocenters. The van der Waals surface area contributed by atoms with E-state index in [0.29, 0.717) is 11.3 Å². The number of β-amino-alcohol motifs (C(OH)–C–C–N with tert-alkyl or cyclic N) is 1. The number of anilines is 1. The number of likely N-dealkylation sites (tertiary alicyclic amines) is 1. The summed E-state index contributed by atoms with van der Waals surface area (Å²) in [5, 5.41) is 21.4. The molecule has 2 amide bonds. The van der Waals surface area contributed by atoms with Crippen molar-refractivity contribution in [2.75, 3.05) is 11.9 Å². The number of carbonyl (C=O) groups is 3. The number of carbonyl (C=O) groups excluding carboxylic acids is 2. The van der Waals surface area contributed by atoms with Crippen LogP contribution in [0, 0.1) is 0 Å². The molecule has 7 nitrogen and oxygen atoms in total. The van der Waals surface area contributed by atoms with Gasteiger partial charge in [0.1, 0.15) is 6.04 Å². The average molecular weight is 290 g/mol. The summed E-state index contributed by atoms with van der Waals surface area (Å²) in [7, 11) is 0. The van der Waals surface area contributed by atoms with E-state index in [2.05, 4.69) is 5.32 Å². The molecule has 0 saturated carbocycles. The number of hydrogen-bond acceptors (Lipinski definition) is 4. The van der Waals surface area contributed by atoms with Gasteiger partial charge in [-0.15, -0.1) is 0 Å². The van der Waals surface area contributed by atoms with Crippen LogP contribution in [0.3, 0.4) is 0 Å². The van der Waals surface area contributed by atoms with E-state index < -0.39 is 24.0 Å². The van der Waals surface area contributed by atoms with Crippen LogP contribution >= 0.6 is 0 Å². The maximum atomic E-state index is 12.4. The van der Waals surface area contributed by atoms with E-state index in [1.54, 1.807) is 18.2 Å². The largest absolute Gasteiger partial charge is 0.480 e. The van der Waals surface area contributed by atoms with Crippen molar-refractivity contribution in [2.45, 2.75) is 25.0 Å². The van der Waals surface area contributed by atoms with Gasteiger partial charge in [-0.2, -0.15) is 0 Å². The molecule has 1 fully saturated rings. The Morgan fingerprint density at radius 3 is 2.81 bits per heavy atom. The number of aliphatic carboxylic acids is 1. The minimum absolute atomic E-state index is 0.000750. The van der Waals surface area contributed by atoms with Crippen molar-refractivity contribution in [3.8, 4) is 0 Å². The van der Waals surface area contributed by atoms with Crippen molar-refractivity contribution >= 4 is 23.5 Å². The molecule has 0 aliphatic carbocycles. The lowest BCUT2D eigenvalue weighted by Crippen LogP contribution is -2.40. The van der Waals surface area contributed by atoms with E-state index in [0.717, 1.165) is 10.5 Å². The lowest BCUT2D eigenvalue weighted by Gasteiger charge is -2.21. The van der Waals surface area contributed by atoms with Crippen LogP contribution in [0.4, 0.5) is 5.69 Å². The molecule has 0 bridgehead atoms. The Bertz CT molecular complexity index is 642. The van der Waals surface area contributed by atoms with Gasteiger partial charge < -0.3 is 20.4 Å². The monoisotopic (exact) mass is 290 g/mol. The van der Waals surface area contributed by atoms with E-state index in [-0.39, 0.29) is 25.3 Å². The normalized spacial score (nSPS) is 23.9. The lowest BCUT2D eigenvalue weighted by molar-refractivity contribution is -0.141. The Hall–Kier alpha value is -2.41. The first-order valence-electron chi connectivity index (χ1n) is 6.60. The van der Waals surface area contributed by atoms with Gasteiger partial charge in [-0.3, -0.25) is 9.59 Å². The Morgan fingerprint density at radius 2 is 2.10 bits per heavy atom. The minimum atomic E-state index is -1.13. The number of rotatable bonds is 2. The highest BCUT2D eigenvalue weighted by Crippen LogP contribution is 2.26. The number of amides is 2. The van der Waals surface area contributed by atoms with E-state index >= 15 is 0 Å². The van der Waals surface area contributed by atoms with Crippen molar-refractivity contribution in [3.63, 3.8) is 0 Å². The standard InChI is InChI=1S/C14H14N2O5/c17-9-5-11(14(20)21)16(6-9)13(19)8-2-1-7-4-12(18)15-10(7)3-8/h1-3,9,11,17H,4-6H2,(H,15,18)(H,20,21)/t9-,11+/m1/s1. The van der Waals surface area contributed by atoms with Gasteiger partial charge in [0.05, 0.1) is 12.5 Å². The quantitative estimate of drug-likeness (QED) is 0.701. The average Bonchev–Trinajstić information content (AvgIpc) is 2.98. The van der Waals surface area contributed by atoms with Crippen molar-refractivity contribution in [2.24, 2.45) is 0 Å². The summed E-state index contributed by atoms with van der Waals surface area (Å²) in [4.78, 5) is 36.1. The fourth-order valence-electron chi connectivity index (χ4n) is 2.79. The molecular weight excluding hydrogens is 276 g/mol. The first kappa shape index (κ1) is 13.6. The third-order valence-corrected chi connectivity index (χ3v) is 3.81. The topological polar surface area (TPSA) is 107 Å². The van der Waals surface area contributed by atoms with E-state index in [4.69, 9.17) is 5.11 Å². The maximum absolute atomic E-state index is 12.4. The van der Waals surface area contributed by atoms with Gasteiger partial charge in [0.2, 0.25) is 5.91 Å². The van der Waals surface area contributed by atoms with Crippen LogP contribution in [-0.2, 0) is 16.0 Å². The number of fused-ring (bicyclic) bond motifs is 1. The maximum Gasteiger partial charge on any atom is 0.326 e. The van der Waals surface area contributed by atoms with Crippen molar-refractivity contribution < 1.29 is 24.6 Å². The predicted octanol–water partition coefficient (Wildman–Crippen LogP) is -0.159. The van der Waals surface area contributed by atoms with Gasteiger partial charge in [-0.25, -0.2) is 4.79 Å².